The summed E-state index contributed by atoms with van der Waals surface area (Å²) in [7, 11) is 3.49. The van der Waals surface area contributed by atoms with Crippen LogP contribution in [0.15, 0.2) is 36.8 Å². The maximum atomic E-state index is 6.36. The number of aromatic nitrogens is 2. The first kappa shape index (κ1) is 16.6. The Kier molecular flexibility index (Phi) is 4.50. The number of benzene rings is 1. The minimum Gasteiger partial charge on any atom is -0.497 e. The van der Waals surface area contributed by atoms with Crippen molar-refractivity contribution in [3.05, 3.63) is 48.0 Å². The van der Waals surface area contributed by atoms with Crippen molar-refractivity contribution in [2.24, 2.45) is 0 Å². The van der Waals surface area contributed by atoms with Gasteiger partial charge in [0.2, 0.25) is 0 Å². The van der Waals surface area contributed by atoms with Crippen LogP contribution in [0.3, 0.4) is 0 Å². The average Bonchev–Trinajstić information content (AvgIpc) is 3.37. The van der Waals surface area contributed by atoms with Crippen molar-refractivity contribution < 1.29 is 14.2 Å². The van der Waals surface area contributed by atoms with Gasteiger partial charge in [0.1, 0.15) is 11.4 Å². The second-order valence-electron chi connectivity index (χ2n) is 7.02. The first-order chi connectivity index (χ1) is 12.2. The zero-order valence-corrected chi connectivity index (χ0v) is 14.8. The van der Waals surface area contributed by atoms with Crippen LogP contribution in [0, 0.1) is 0 Å². The predicted molar refractivity (Wildman–Crippen MR) is 93.7 cm³/mol. The summed E-state index contributed by atoms with van der Waals surface area (Å²) in [6.07, 6.45) is 4.66. The lowest BCUT2D eigenvalue weighted by Gasteiger charge is -2.28. The molecule has 2 aliphatic rings. The summed E-state index contributed by atoms with van der Waals surface area (Å²) in [5, 5.41) is 0. The van der Waals surface area contributed by atoms with E-state index in [1.54, 1.807) is 20.5 Å². The molecule has 2 fully saturated rings. The van der Waals surface area contributed by atoms with Gasteiger partial charge in [-0.15, -0.1) is 0 Å². The van der Waals surface area contributed by atoms with E-state index in [0.717, 1.165) is 44.1 Å². The highest BCUT2D eigenvalue weighted by atomic mass is 16.6. The SMILES string of the molecule is COc1cccc([C@@H]2CO[C@]3(C2)CN(Cc2cnc[nH]2)C[C@H]3OC)c1. The Labute approximate surface area is 148 Å². The van der Waals surface area contributed by atoms with E-state index < -0.39 is 0 Å². The van der Waals surface area contributed by atoms with Crippen LogP contribution in [0.2, 0.25) is 0 Å². The summed E-state index contributed by atoms with van der Waals surface area (Å²) < 4.78 is 17.5. The molecule has 0 amide bonds. The van der Waals surface area contributed by atoms with E-state index in [2.05, 4.69) is 27.0 Å². The molecule has 0 saturated carbocycles. The van der Waals surface area contributed by atoms with Crippen LogP contribution in [0.25, 0.3) is 0 Å². The first-order valence-electron chi connectivity index (χ1n) is 8.73. The molecule has 2 aliphatic heterocycles. The van der Waals surface area contributed by atoms with Gasteiger partial charge in [-0.25, -0.2) is 4.98 Å². The number of H-pyrrole nitrogens is 1. The highest BCUT2D eigenvalue weighted by molar-refractivity contribution is 5.32. The highest BCUT2D eigenvalue weighted by Gasteiger charge is 2.53. The van der Waals surface area contributed by atoms with E-state index in [0.29, 0.717) is 5.92 Å². The van der Waals surface area contributed by atoms with Gasteiger partial charge >= 0.3 is 0 Å². The number of hydrogen-bond donors (Lipinski definition) is 1. The number of methoxy groups -OCH3 is 2. The van der Waals surface area contributed by atoms with E-state index in [-0.39, 0.29) is 11.7 Å². The molecule has 1 spiro atoms. The monoisotopic (exact) mass is 343 g/mol. The average molecular weight is 343 g/mol. The predicted octanol–water partition coefficient (Wildman–Crippen LogP) is 2.19. The molecule has 1 aromatic carbocycles. The lowest BCUT2D eigenvalue weighted by atomic mass is 9.87. The molecule has 2 saturated heterocycles. The molecule has 25 heavy (non-hydrogen) atoms. The maximum absolute atomic E-state index is 6.36. The molecule has 6 nitrogen and oxygen atoms in total. The third-order valence-corrected chi connectivity index (χ3v) is 5.46. The van der Waals surface area contributed by atoms with Crippen molar-refractivity contribution in [2.45, 2.75) is 30.6 Å². The molecular weight excluding hydrogens is 318 g/mol. The Morgan fingerprint density at radius 3 is 3.08 bits per heavy atom. The van der Waals surface area contributed by atoms with E-state index in [1.807, 2.05) is 18.3 Å². The van der Waals surface area contributed by atoms with Gasteiger partial charge in [-0.1, -0.05) is 12.1 Å². The zero-order chi connectivity index (χ0) is 17.3. The molecule has 1 aromatic heterocycles. The van der Waals surface area contributed by atoms with Gasteiger partial charge in [-0.3, -0.25) is 4.90 Å². The number of imidazole rings is 1. The molecule has 6 heteroatoms. The van der Waals surface area contributed by atoms with Gasteiger partial charge in [0, 0.05) is 44.6 Å². The fourth-order valence-corrected chi connectivity index (χ4v) is 4.21. The maximum Gasteiger partial charge on any atom is 0.119 e. The Balaban J connectivity index is 1.49. The topological polar surface area (TPSA) is 59.6 Å². The fraction of sp³-hybridized carbons (Fsp3) is 0.526. The quantitative estimate of drug-likeness (QED) is 0.902. The Morgan fingerprint density at radius 1 is 1.40 bits per heavy atom. The standard InChI is InChI=1S/C19H25N3O3/c1-23-17-5-3-4-14(6-17)15-7-19(25-11-15)12-22(10-18(19)24-2)9-16-8-20-13-21-16/h3-6,8,13,15,18H,7,9-12H2,1-2H3,(H,20,21)/t15-,18+,19+/m0/s1. The van der Waals surface area contributed by atoms with Crippen LogP contribution < -0.4 is 4.74 Å². The fourth-order valence-electron chi connectivity index (χ4n) is 4.21. The van der Waals surface area contributed by atoms with Crippen molar-refractivity contribution in [1.29, 1.82) is 0 Å². The van der Waals surface area contributed by atoms with Crippen LogP contribution in [0.4, 0.5) is 0 Å². The number of hydrogen-bond acceptors (Lipinski definition) is 5. The Hall–Kier alpha value is -1.89. The van der Waals surface area contributed by atoms with Crippen molar-refractivity contribution in [2.75, 3.05) is 33.9 Å². The van der Waals surface area contributed by atoms with Gasteiger partial charge < -0.3 is 19.2 Å². The molecule has 3 atom stereocenters. The summed E-state index contributed by atoms with van der Waals surface area (Å²) in [5.41, 5.74) is 2.16. The van der Waals surface area contributed by atoms with Crippen LogP contribution in [0.5, 0.6) is 5.75 Å². The molecule has 2 aromatic rings. The minimum absolute atomic E-state index is 0.0889. The first-order valence-corrected chi connectivity index (χ1v) is 8.73. The summed E-state index contributed by atoms with van der Waals surface area (Å²) in [5.74, 6) is 1.27. The molecule has 1 N–H and O–H groups in total. The van der Waals surface area contributed by atoms with Gasteiger partial charge in [0.05, 0.1) is 26.1 Å². The number of ether oxygens (including phenoxy) is 3. The number of nitrogens with one attached hydrogen (secondary N) is 1. The number of nitrogens with zero attached hydrogens (tertiary/aromatic N) is 2. The molecule has 0 unspecified atom stereocenters. The third-order valence-electron chi connectivity index (χ3n) is 5.46. The second-order valence-corrected chi connectivity index (χ2v) is 7.02. The van der Waals surface area contributed by atoms with Crippen LogP contribution in [-0.4, -0.2) is 60.5 Å². The Bertz CT molecular complexity index is 706. The largest absolute Gasteiger partial charge is 0.497 e. The summed E-state index contributed by atoms with van der Waals surface area (Å²) >= 11 is 0. The van der Waals surface area contributed by atoms with E-state index in [9.17, 15) is 0 Å². The van der Waals surface area contributed by atoms with Gasteiger partial charge in [0.25, 0.3) is 0 Å². The number of likely N-dealkylation sites (tertiary alicyclic amines) is 1. The summed E-state index contributed by atoms with van der Waals surface area (Å²) in [6.45, 7) is 3.32. The number of rotatable bonds is 5. The molecule has 134 valence electrons. The van der Waals surface area contributed by atoms with Crippen molar-refractivity contribution in [3.63, 3.8) is 0 Å². The van der Waals surface area contributed by atoms with Crippen molar-refractivity contribution >= 4 is 0 Å². The van der Waals surface area contributed by atoms with E-state index >= 15 is 0 Å². The van der Waals surface area contributed by atoms with E-state index in [4.69, 9.17) is 14.2 Å². The molecule has 3 heterocycles. The lowest BCUT2D eigenvalue weighted by Crippen LogP contribution is -2.42. The molecular formula is C19H25N3O3. The van der Waals surface area contributed by atoms with Gasteiger partial charge in [-0.2, -0.15) is 0 Å². The van der Waals surface area contributed by atoms with Crippen LogP contribution in [0.1, 0.15) is 23.6 Å². The zero-order valence-electron chi connectivity index (χ0n) is 14.8. The molecule has 0 radical (unpaired) electrons. The molecule has 0 aliphatic carbocycles. The lowest BCUT2D eigenvalue weighted by molar-refractivity contribution is -0.0757. The van der Waals surface area contributed by atoms with Crippen molar-refractivity contribution in [1.82, 2.24) is 14.9 Å². The highest BCUT2D eigenvalue weighted by Crippen LogP contribution is 2.43. The molecule has 0 bridgehead atoms. The minimum atomic E-state index is -0.234. The molecule has 4 rings (SSSR count). The normalized spacial score (nSPS) is 29.5. The Morgan fingerprint density at radius 2 is 2.32 bits per heavy atom. The summed E-state index contributed by atoms with van der Waals surface area (Å²) in [6, 6.07) is 8.31. The van der Waals surface area contributed by atoms with Crippen molar-refractivity contribution in [3.8, 4) is 5.75 Å². The van der Waals surface area contributed by atoms with E-state index in [1.165, 1.54) is 5.56 Å². The van der Waals surface area contributed by atoms with Crippen LogP contribution >= 0.6 is 0 Å². The number of aromatic amines is 1. The van der Waals surface area contributed by atoms with Crippen LogP contribution in [-0.2, 0) is 16.0 Å². The van der Waals surface area contributed by atoms with Gasteiger partial charge in [0.15, 0.2) is 0 Å². The van der Waals surface area contributed by atoms with Gasteiger partial charge in [-0.05, 0) is 24.1 Å². The second kappa shape index (κ2) is 6.78. The third kappa shape index (κ3) is 3.17. The smallest absolute Gasteiger partial charge is 0.119 e. The summed E-state index contributed by atoms with van der Waals surface area (Å²) in [4.78, 5) is 9.66.